The fourth-order valence-corrected chi connectivity index (χ4v) is 4.06. The maximum atomic E-state index is 12.6. The van der Waals surface area contributed by atoms with Crippen molar-refractivity contribution in [2.24, 2.45) is 0 Å². The number of thioether (sulfide) groups is 1. The second kappa shape index (κ2) is 9.22. The zero-order chi connectivity index (χ0) is 16.5. The topological polar surface area (TPSA) is 84.0 Å². The van der Waals surface area contributed by atoms with Crippen LogP contribution in [0.3, 0.4) is 0 Å². The molecule has 1 heterocycles. The van der Waals surface area contributed by atoms with Crippen molar-refractivity contribution in [3.63, 3.8) is 0 Å². The van der Waals surface area contributed by atoms with Gasteiger partial charge in [-0.2, -0.15) is 0 Å². The Bertz CT molecular complexity index is 502. The van der Waals surface area contributed by atoms with Crippen molar-refractivity contribution in [2.45, 2.75) is 61.7 Å². The van der Waals surface area contributed by atoms with Gasteiger partial charge in [-0.3, -0.25) is 9.59 Å². The average Bonchev–Trinajstić information content (AvgIpc) is 3.07. The molecular weight excluding hydrogens is 332 g/mol. The van der Waals surface area contributed by atoms with E-state index in [0.717, 1.165) is 49.3 Å². The molecular formula is C15H24N4O2S2. The first-order valence-electron chi connectivity index (χ1n) is 8.14. The van der Waals surface area contributed by atoms with Crippen LogP contribution in [0.4, 0.5) is 0 Å². The molecule has 1 aliphatic carbocycles. The zero-order valence-electron chi connectivity index (χ0n) is 13.5. The number of carbonyl (C=O) groups is 2. The summed E-state index contributed by atoms with van der Waals surface area (Å²) in [7, 11) is 0. The summed E-state index contributed by atoms with van der Waals surface area (Å²) in [6.45, 7) is 2.77. The highest BCUT2D eigenvalue weighted by atomic mass is 32.2. The van der Waals surface area contributed by atoms with E-state index in [1.807, 2.05) is 0 Å². The summed E-state index contributed by atoms with van der Waals surface area (Å²) in [5.41, 5.74) is 0.912. The molecule has 2 amide bonds. The third-order valence-corrected chi connectivity index (χ3v) is 5.86. The number of hydrogen-bond acceptors (Lipinski definition) is 6. The lowest BCUT2D eigenvalue weighted by Crippen LogP contribution is -2.60. The summed E-state index contributed by atoms with van der Waals surface area (Å²) >= 11 is 2.77. The molecule has 0 bridgehead atoms. The Morgan fingerprint density at radius 2 is 2.13 bits per heavy atom. The lowest BCUT2D eigenvalue weighted by Gasteiger charge is -2.36. The second-order valence-electron chi connectivity index (χ2n) is 5.79. The lowest BCUT2D eigenvalue weighted by molar-refractivity contribution is -0.134. The lowest BCUT2D eigenvalue weighted by atomic mass is 9.80. The van der Waals surface area contributed by atoms with E-state index in [4.69, 9.17) is 0 Å². The van der Waals surface area contributed by atoms with Gasteiger partial charge >= 0.3 is 0 Å². The van der Waals surface area contributed by atoms with Crippen molar-refractivity contribution in [3.8, 4) is 0 Å². The van der Waals surface area contributed by atoms with E-state index in [1.54, 1.807) is 5.51 Å². The smallest absolute Gasteiger partial charge is 0.245 e. The van der Waals surface area contributed by atoms with Crippen molar-refractivity contribution in [1.82, 2.24) is 20.8 Å². The monoisotopic (exact) mass is 356 g/mol. The van der Waals surface area contributed by atoms with Crippen LogP contribution in [0.5, 0.6) is 0 Å². The molecule has 1 aromatic heterocycles. The van der Waals surface area contributed by atoms with E-state index in [-0.39, 0.29) is 17.6 Å². The maximum absolute atomic E-state index is 12.6. The van der Waals surface area contributed by atoms with E-state index in [0.29, 0.717) is 6.54 Å². The van der Waals surface area contributed by atoms with Crippen LogP contribution >= 0.6 is 23.1 Å². The van der Waals surface area contributed by atoms with Crippen molar-refractivity contribution < 1.29 is 9.59 Å². The van der Waals surface area contributed by atoms with Gasteiger partial charge in [-0.05, 0) is 19.3 Å². The third kappa shape index (κ3) is 5.46. The van der Waals surface area contributed by atoms with E-state index in [1.165, 1.54) is 23.1 Å². The molecule has 1 saturated carbocycles. The number of amides is 2. The van der Waals surface area contributed by atoms with Gasteiger partial charge in [0.15, 0.2) is 4.34 Å². The molecule has 0 unspecified atom stereocenters. The van der Waals surface area contributed by atoms with Crippen LogP contribution in [-0.4, -0.2) is 39.8 Å². The summed E-state index contributed by atoms with van der Waals surface area (Å²) in [4.78, 5) is 24.9. The normalized spacial score (nSPS) is 16.7. The summed E-state index contributed by atoms with van der Waals surface area (Å²) in [5, 5.41) is 13.7. The molecule has 0 radical (unpaired) electrons. The van der Waals surface area contributed by atoms with Crippen molar-refractivity contribution in [2.75, 3.05) is 12.3 Å². The Balaban J connectivity index is 1.91. The number of rotatable bonds is 8. The molecule has 8 heteroatoms. The second-order valence-corrected chi connectivity index (χ2v) is 7.85. The number of hydrogen-bond donors (Lipinski definition) is 2. The molecule has 2 rings (SSSR count). The minimum atomic E-state index is -0.731. The number of unbranched alkanes of at least 4 members (excludes halogenated alkanes) is 1. The summed E-state index contributed by atoms with van der Waals surface area (Å²) in [6.07, 6.45) is 6.52. The van der Waals surface area contributed by atoms with Gasteiger partial charge in [0, 0.05) is 6.54 Å². The van der Waals surface area contributed by atoms with Crippen molar-refractivity contribution >= 4 is 34.9 Å². The molecule has 6 nitrogen and oxygen atoms in total. The minimum absolute atomic E-state index is 0.0279. The molecule has 1 fully saturated rings. The molecule has 0 saturated heterocycles. The molecule has 0 aromatic carbocycles. The first-order chi connectivity index (χ1) is 11.2. The van der Waals surface area contributed by atoms with Gasteiger partial charge in [-0.25, -0.2) is 0 Å². The van der Waals surface area contributed by atoms with Gasteiger partial charge in [0.2, 0.25) is 11.8 Å². The van der Waals surface area contributed by atoms with Gasteiger partial charge in [0.1, 0.15) is 11.0 Å². The number of nitrogens with one attached hydrogen (secondary N) is 2. The van der Waals surface area contributed by atoms with Gasteiger partial charge in [-0.1, -0.05) is 55.7 Å². The molecule has 1 aromatic rings. The largest absolute Gasteiger partial charge is 0.354 e. The number of nitrogens with zero attached hydrogens (tertiary/aromatic N) is 2. The quantitative estimate of drug-likeness (QED) is 0.552. The highest BCUT2D eigenvalue weighted by Gasteiger charge is 2.40. The van der Waals surface area contributed by atoms with Gasteiger partial charge < -0.3 is 10.6 Å². The minimum Gasteiger partial charge on any atom is -0.354 e. The van der Waals surface area contributed by atoms with Crippen LogP contribution < -0.4 is 10.6 Å². The van der Waals surface area contributed by atoms with Crippen molar-refractivity contribution in [1.29, 1.82) is 0 Å². The van der Waals surface area contributed by atoms with E-state index in [2.05, 4.69) is 27.8 Å². The van der Waals surface area contributed by atoms with Crippen LogP contribution in [0.2, 0.25) is 0 Å². The molecule has 0 atom stereocenters. The molecule has 0 aliphatic heterocycles. The SMILES string of the molecule is CCCCNC(=O)C1(NC(=O)CSc2nncs2)CCCCC1. The van der Waals surface area contributed by atoms with Gasteiger partial charge in [0.05, 0.1) is 5.75 Å². The highest BCUT2D eigenvalue weighted by Crippen LogP contribution is 2.29. The summed E-state index contributed by atoms with van der Waals surface area (Å²) < 4.78 is 0.769. The van der Waals surface area contributed by atoms with Crippen LogP contribution in [0, 0.1) is 0 Å². The fourth-order valence-electron chi connectivity index (χ4n) is 2.77. The first kappa shape index (κ1) is 18.2. The maximum Gasteiger partial charge on any atom is 0.245 e. The third-order valence-electron chi connectivity index (χ3n) is 4.00. The van der Waals surface area contributed by atoms with Crippen molar-refractivity contribution in [3.05, 3.63) is 5.51 Å². The fraction of sp³-hybridized carbons (Fsp3) is 0.733. The van der Waals surface area contributed by atoms with E-state index in [9.17, 15) is 9.59 Å². The molecule has 1 aliphatic rings. The predicted octanol–water partition coefficient (Wildman–Crippen LogP) is 2.37. The van der Waals surface area contributed by atoms with Crippen LogP contribution in [0.1, 0.15) is 51.9 Å². The van der Waals surface area contributed by atoms with Crippen LogP contribution in [0.25, 0.3) is 0 Å². The Hall–Kier alpha value is -1.15. The Labute approximate surface area is 145 Å². The van der Waals surface area contributed by atoms with E-state index >= 15 is 0 Å². The summed E-state index contributed by atoms with van der Waals surface area (Å²) in [6, 6.07) is 0. The van der Waals surface area contributed by atoms with Gasteiger partial charge in [0.25, 0.3) is 0 Å². The Kier molecular flexibility index (Phi) is 7.29. The first-order valence-corrected chi connectivity index (χ1v) is 10.0. The standard InChI is InChI=1S/C15H24N4O2S2/c1-2-3-9-16-13(21)15(7-5-4-6-8-15)18-12(20)10-22-14-19-17-11-23-14/h11H,2-10H2,1H3,(H,16,21)(H,18,20). The molecule has 0 spiro atoms. The number of aromatic nitrogens is 2. The highest BCUT2D eigenvalue weighted by molar-refractivity contribution is 8.01. The zero-order valence-corrected chi connectivity index (χ0v) is 15.1. The molecule has 128 valence electrons. The van der Waals surface area contributed by atoms with Gasteiger partial charge in [-0.15, -0.1) is 10.2 Å². The van der Waals surface area contributed by atoms with Crippen LogP contribution in [-0.2, 0) is 9.59 Å². The molecule has 23 heavy (non-hydrogen) atoms. The van der Waals surface area contributed by atoms with E-state index < -0.39 is 5.54 Å². The summed E-state index contributed by atoms with van der Waals surface area (Å²) in [5.74, 6) is 0.122. The Morgan fingerprint density at radius 3 is 2.78 bits per heavy atom. The molecule has 2 N–H and O–H groups in total. The van der Waals surface area contributed by atoms with Crippen LogP contribution in [0.15, 0.2) is 9.85 Å². The predicted molar refractivity (Wildman–Crippen MR) is 92.5 cm³/mol. The number of carbonyl (C=O) groups excluding carboxylic acids is 2. The average molecular weight is 357 g/mol. The Morgan fingerprint density at radius 1 is 1.35 bits per heavy atom.